The number of hydrogen-bond donors (Lipinski definition) is 1. The van der Waals surface area contributed by atoms with Gasteiger partial charge in [0, 0.05) is 42.4 Å². The number of aromatic nitrogens is 1. The molecule has 3 heterocycles. The summed E-state index contributed by atoms with van der Waals surface area (Å²) in [5.41, 5.74) is 0.751. The number of pyridine rings is 1. The van der Waals surface area contributed by atoms with Crippen LogP contribution in [0.2, 0.25) is 0 Å². The number of carboxylic acids is 1. The molecule has 2 aromatic heterocycles. The van der Waals surface area contributed by atoms with Crippen LogP contribution in [-0.2, 0) is 4.79 Å². The van der Waals surface area contributed by atoms with Gasteiger partial charge in [-0.15, -0.1) is 11.3 Å². The Balaban J connectivity index is 1.42. The fourth-order valence-corrected chi connectivity index (χ4v) is 5.15. The first-order valence-electron chi connectivity index (χ1n) is 12.2. The number of hydrogen-bond acceptors (Lipinski definition) is 6. The molecule has 1 aliphatic carbocycles. The van der Waals surface area contributed by atoms with E-state index < -0.39 is 5.97 Å². The molecule has 1 saturated heterocycles. The van der Waals surface area contributed by atoms with Crippen LogP contribution in [-0.4, -0.2) is 58.5 Å². The van der Waals surface area contributed by atoms with Crippen molar-refractivity contribution in [2.75, 3.05) is 18.0 Å². The van der Waals surface area contributed by atoms with Gasteiger partial charge in [-0.25, -0.2) is 9.78 Å². The highest BCUT2D eigenvalue weighted by Gasteiger charge is 2.31. The standard InChI is InChI=1S/C27H31N3O5S/c1-27(2,3)11-9-21-16-22(24(36-21)26(33)34)30(17-31)19-5-7-20(8-6-19)35-23-15-18(10-12-28-23)25(32)29-13-4-14-29/h10,12,15-17,19-20H,4-8,13-14H2,1-3H3,(H,33,34)/t19-,20-. The van der Waals surface area contributed by atoms with Crippen LogP contribution in [0.15, 0.2) is 24.4 Å². The summed E-state index contributed by atoms with van der Waals surface area (Å²) in [5, 5.41) is 9.74. The maximum Gasteiger partial charge on any atom is 0.348 e. The third-order valence-corrected chi connectivity index (χ3v) is 7.34. The Morgan fingerprint density at radius 3 is 2.53 bits per heavy atom. The molecule has 2 aromatic rings. The normalized spacial score (nSPS) is 19.5. The summed E-state index contributed by atoms with van der Waals surface area (Å²) in [6.07, 6.45) is 5.94. The second-order valence-corrected chi connectivity index (χ2v) is 11.3. The van der Waals surface area contributed by atoms with E-state index in [0.29, 0.717) is 54.1 Å². The SMILES string of the molecule is CC(C)(C)C#Cc1cc(N(C=O)[C@H]2CC[C@H](Oc3cc(C(=O)N4CCC4)ccn3)CC2)c(C(=O)O)s1. The van der Waals surface area contributed by atoms with Gasteiger partial charge in [0.1, 0.15) is 11.0 Å². The minimum atomic E-state index is -1.07. The van der Waals surface area contributed by atoms with Crippen molar-refractivity contribution in [2.45, 2.75) is 65.0 Å². The molecule has 0 aromatic carbocycles. The fourth-order valence-electron chi connectivity index (χ4n) is 4.30. The summed E-state index contributed by atoms with van der Waals surface area (Å²) in [6, 6.07) is 4.96. The van der Waals surface area contributed by atoms with Crippen LogP contribution in [0.5, 0.6) is 5.88 Å². The number of ether oxygens (including phenoxy) is 1. The Morgan fingerprint density at radius 1 is 1.22 bits per heavy atom. The number of amides is 2. The quantitative estimate of drug-likeness (QED) is 0.438. The molecule has 8 nitrogen and oxygen atoms in total. The molecule has 2 aliphatic rings. The highest BCUT2D eigenvalue weighted by molar-refractivity contribution is 7.15. The minimum absolute atomic E-state index is 0.00427. The van der Waals surface area contributed by atoms with Gasteiger partial charge in [-0.2, -0.15) is 0 Å². The topological polar surface area (TPSA) is 100 Å². The van der Waals surface area contributed by atoms with Crippen LogP contribution < -0.4 is 9.64 Å². The molecule has 2 fully saturated rings. The molecular weight excluding hydrogens is 478 g/mol. The highest BCUT2D eigenvalue weighted by Crippen LogP contribution is 2.35. The van der Waals surface area contributed by atoms with Crippen LogP contribution in [0, 0.1) is 17.3 Å². The van der Waals surface area contributed by atoms with Gasteiger partial charge >= 0.3 is 5.97 Å². The second kappa shape index (κ2) is 10.7. The average molecular weight is 510 g/mol. The Bertz CT molecular complexity index is 1190. The largest absolute Gasteiger partial charge is 0.477 e. The molecule has 36 heavy (non-hydrogen) atoms. The number of carbonyl (C=O) groups is 3. The van der Waals surface area contributed by atoms with Crippen molar-refractivity contribution in [2.24, 2.45) is 5.41 Å². The van der Waals surface area contributed by atoms with Gasteiger partial charge in [0.25, 0.3) is 5.91 Å². The molecule has 0 spiro atoms. The summed E-state index contributed by atoms with van der Waals surface area (Å²) >= 11 is 1.09. The monoisotopic (exact) mass is 509 g/mol. The lowest BCUT2D eigenvalue weighted by atomic mass is 9.91. The van der Waals surface area contributed by atoms with Crippen molar-refractivity contribution in [3.8, 4) is 17.7 Å². The maximum absolute atomic E-state index is 12.5. The molecule has 1 saturated carbocycles. The molecule has 9 heteroatoms. The van der Waals surface area contributed by atoms with E-state index in [-0.39, 0.29) is 28.3 Å². The first kappa shape index (κ1) is 25.7. The zero-order valence-electron chi connectivity index (χ0n) is 20.8. The number of carbonyl (C=O) groups excluding carboxylic acids is 2. The Morgan fingerprint density at radius 2 is 1.94 bits per heavy atom. The summed E-state index contributed by atoms with van der Waals surface area (Å²) in [6.45, 7) is 7.53. The van der Waals surface area contributed by atoms with E-state index in [4.69, 9.17) is 4.74 Å². The van der Waals surface area contributed by atoms with Crippen LogP contribution in [0.25, 0.3) is 0 Å². The van der Waals surface area contributed by atoms with E-state index in [2.05, 4.69) is 16.8 Å². The van der Waals surface area contributed by atoms with Gasteiger partial charge in [-0.05, 0) is 65.0 Å². The zero-order chi connectivity index (χ0) is 25.9. The summed E-state index contributed by atoms with van der Waals surface area (Å²) in [5.74, 6) is 5.52. The predicted molar refractivity (Wildman–Crippen MR) is 138 cm³/mol. The van der Waals surface area contributed by atoms with Gasteiger partial charge in [-0.1, -0.05) is 11.8 Å². The number of likely N-dealkylation sites (tertiary alicyclic amines) is 1. The third kappa shape index (κ3) is 6.05. The lowest BCUT2D eigenvalue weighted by Crippen LogP contribution is -2.42. The van der Waals surface area contributed by atoms with E-state index in [9.17, 15) is 19.5 Å². The van der Waals surface area contributed by atoms with E-state index in [1.54, 1.807) is 29.3 Å². The molecule has 4 rings (SSSR count). The lowest BCUT2D eigenvalue weighted by molar-refractivity contribution is -0.108. The second-order valence-electron chi connectivity index (χ2n) is 10.2. The number of thiophene rings is 1. The van der Waals surface area contributed by atoms with Gasteiger partial charge in [-0.3, -0.25) is 9.59 Å². The van der Waals surface area contributed by atoms with Crippen LogP contribution in [0.1, 0.15) is 77.8 Å². The minimum Gasteiger partial charge on any atom is -0.477 e. The number of nitrogens with zero attached hydrogens (tertiary/aromatic N) is 3. The first-order chi connectivity index (χ1) is 17.1. The molecule has 1 N–H and O–H groups in total. The van der Waals surface area contributed by atoms with Gasteiger partial charge in [0.05, 0.1) is 10.6 Å². The molecule has 1 aliphatic heterocycles. The molecular formula is C27H31N3O5S. The number of rotatable bonds is 7. The number of aromatic carboxylic acids is 1. The summed E-state index contributed by atoms with van der Waals surface area (Å²) in [7, 11) is 0. The van der Waals surface area contributed by atoms with Gasteiger partial charge in [0.2, 0.25) is 12.3 Å². The van der Waals surface area contributed by atoms with Crippen molar-refractivity contribution in [1.29, 1.82) is 0 Å². The molecule has 0 radical (unpaired) electrons. The predicted octanol–water partition coefficient (Wildman–Crippen LogP) is 4.44. The average Bonchev–Trinajstić information content (AvgIpc) is 3.22. The molecule has 0 unspecified atom stereocenters. The lowest BCUT2D eigenvalue weighted by Gasteiger charge is -2.34. The van der Waals surface area contributed by atoms with Crippen molar-refractivity contribution >= 4 is 35.3 Å². The van der Waals surface area contributed by atoms with Crippen LogP contribution in [0.3, 0.4) is 0 Å². The zero-order valence-corrected chi connectivity index (χ0v) is 21.6. The smallest absolute Gasteiger partial charge is 0.348 e. The third-order valence-electron chi connectivity index (χ3n) is 6.31. The Kier molecular flexibility index (Phi) is 7.65. The van der Waals surface area contributed by atoms with Gasteiger partial charge in [0.15, 0.2) is 0 Å². The van der Waals surface area contributed by atoms with Crippen molar-refractivity contribution in [3.05, 3.63) is 39.7 Å². The molecule has 2 amide bonds. The Labute approximate surface area is 215 Å². The van der Waals surface area contributed by atoms with Crippen molar-refractivity contribution in [1.82, 2.24) is 9.88 Å². The Hall–Kier alpha value is -3.38. The fraction of sp³-hybridized carbons (Fsp3) is 0.481. The molecule has 0 bridgehead atoms. The van der Waals surface area contributed by atoms with E-state index in [1.165, 1.54) is 4.90 Å². The highest BCUT2D eigenvalue weighted by atomic mass is 32.1. The van der Waals surface area contributed by atoms with E-state index in [1.807, 2.05) is 20.8 Å². The van der Waals surface area contributed by atoms with Crippen molar-refractivity contribution in [3.63, 3.8) is 0 Å². The van der Waals surface area contributed by atoms with E-state index >= 15 is 0 Å². The maximum atomic E-state index is 12.5. The van der Waals surface area contributed by atoms with Crippen molar-refractivity contribution < 1.29 is 24.2 Å². The molecule has 190 valence electrons. The molecule has 0 atom stereocenters. The first-order valence-corrected chi connectivity index (χ1v) is 13.0. The van der Waals surface area contributed by atoms with Gasteiger partial charge < -0.3 is 19.6 Å². The number of carboxylic acid groups (broad SMARTS) is 1. The summed E-state index contributed by atoms with van der Waals surface area (Å²) in [4.78, 5) is 44.8. The van der Waals surface area contributed by atoms with Crippen LogP contribution >= 0.6 is 11.3 Å². The van der Waals surface area contributed by atoms with E-state index in [0.717, 1.165) is 30.8 Å². The van der Waals surface area contributed by atoms with Crippen LogP contribution in [0.4, 0.5) is 5.69 Å². The summed E-state index contributed by atoms with van der Waals surface area (Å²) < 4.78 is 6.08. The number of anilines is 1.